The third-order valence-corrected chi connectivity index (χ3v) is 2.95. The minimum absolute atomic E-state index is 0.171. The SMILES string of the molecule is CC(C)(C)CCC(NN)c1cncc(Br)c1. The van der Waals surface area contributed by atoms with E-state index in [9.17, 15) is 0 Å². The van der Waals surface area contributed by atoms with Crippen LogP contribution < -0.4 is 11.3 Å². The number of aromatic nitrogens is 1. The second-order valence-electron chi connectivity index (χ2n) is 5.26. The summed E-state index contributed by atoms with van der Waals surface area (Å²) >= 11 is 3.42. The van der Waals surface area contributed by atoms with Gasteiger partial charge in [0.2, 0.25) is 0 Å². The maximum Gasteiger partial charge on any atom is 0.0475 e. The molecule has 0 amide bonds. The van der Waals surface area contributed by atoms with E-state index in [1.807, 2.05) is 6.20 Å². The predicted octanol–water partition coefficient (Wildman–Crippen LogP) is 3.17. The van der Waals surface area contributed by atoms with E-state index >= 15 is 0 Å². The molecule has 0 spiro atoms. The van der Waals surface area contributed by atoms with Gasteiger partial charge < -0.3 is 0 Å². The van der Waals surface area contributed by atoms with Crippen molar-refractivity contribution in [3.63, 3.8) is 0 Å². The van der Waals surface area contributed by atoms with Gasteiger partial charge in [0.15, 0.2) is 0 Å². The van der Waals surface area contributed by atoms with Crippen LogP contribution in [0.4, 0.5) is 0 Å². The third kappa shape index (κ3) is 4.60. The number of hydrogen-bond donors (Lipinski definition) is 2. The van der Waals surface area contributed by atoms with Crippen LogP contribution in [0.25, 0.3) is 0 Å². The zero-order chi connectivity index (χ0) is 12.2. The van der Waals surface area contributed by atoms with Gasteiger partial charge in [-0.1, -0.05) is 20.8 Å². The van der Waals surface area contributed by atoms with Gasteiger partial charge in [0, 0.05) is 22.9 Å². The number of nitrogens with zero attached hydrogens (tertiary/aromatic N) is 1. The standard InChI is InChI=1S/C12H20BrN3/c1-12(2,3)5-4-11(16-14)9-6-10(13)8-15-7-9/h6-8,11,16H,4-5,14H2,1-3H3. The molecule has 0 aliphatic carbocycles. The van der Waals surface area contributed by atoms with Gasteiger partial charge in [-0.3, -0.25) is 16.3 Å². The summed E-state index contributed by atoms with van der Waals surface area (Å²) < 4.78 is 0.987. The van der Waals surface area contributed by atoms with Crippen LogP contribution in [0.2, 0.25) is 0 Å². The van der Waals surface area contributed by atoms with Crippen LogP contribution in [0.1, 0.15) is 45.2 Å². The molecule has 0 radical (unpaired) electrons. The number of hydrogen-bond acceptors (Lipinski definition) is 3. The Labute approximate surface area is 106 Å². The third-order valence-electron chi connectivity index (χ3n) is 2.51. The first-order valence-electron chi connectivity index (χ1n) is 5.49. The number of nitrogens with one attached hydrogen (secondary N) is 1. The Kier molecular flexibility index (Phi) is 4.89. The highest BCUT2D eigenvalue weighted by molar-refractivity contribution is 9.10. The van der Waals surface area contributed by atoms with E-state index in [0.717, 1.165) is 22.9 Å². The monoisotopic (exact) mass is 285 g/mol. The average Bonchev–Trinajstić information content (AvgIpc) is 2.17. The molecular weight excluding hydrogens is 266 g/mol. The van der Waals surface area contributed by atoms with E-state index < -0.39 is 0 Å². The smallest absolute Gasteiger partial charge is 0.0475 e. The summed E-state index contributed by atoms with van der Waals surface area (Å²) in [5.41, 5.74) is 4.31. The quantitative estimate of drug-likeness (QED) is 0.660. The zero-order valence-electron chi connectivity index (χ0n) is 10.1. The van der Waals surface area contributed by atoms with Gasteiger partial charge in [-0.2, -0.15) is 0 Å². The summed E-state index contributed by atoms with van der Waals surface area (Å²) in [4.78, 5) is 4.16. The number of nitrogens with two attached hydrogens (primary N) is 1. The van der Waals surface area contributed by atoms with Crippen molar-refractivity contribution in [2.24, 2.45) is 11.3 Å². The second-order valence-corrected chi connectivity index (χ2v) is 6.17. The first kappa shape index (κ1) is 13.6. The van der Waals surface area contributed by atoms with E-state index in [1.54, 1.807) is 6.20 Å². The summed E-state index contributed by atoms with van der Waals surface area (Å²) in [7, 11) is 0. The number of rotatable bonds is 4. The topological polar surface area (TPSA) is 50.9 Å². The fraction of sp³-hybridized carbons (Fsp3) is 0.583. The lowest BCUT2D eigenvalue weighted by Crippen LogP contribution is -2.29. The summed E-state index contributed by atoms with van der Waals surface area (Å²) in [5, 5.41) is 0. The first-order chi connectivity index (χ1) is 7.42. The molecule has 0 aliphatic heterocycles. The molecule has 1 heterocycles. The molecule has 16 heavy (non-hydrogen) atoms. The van der Waals surface area contributed by atoms with Gasteiger partial charge in [0.05, 0.1) is 0 Å². The van der Waals surface area contributed by atoms with Crippen LogP contribution in [-0.2, 0) is 0 Å². The molecule has 0 saturated heterocycles. The summed E-state index contributed by atoms with van der Waals surface area (Å²) in [6, 6.07) is 2.23. The predicted molar refractivity (Wildman–Crippen MR) is 70.7 cm³/mol. The molecule has 1 unspecified atom stereocenters. The highest BCUT2D eigenvalue weighted by atomic mass is 79.9. The van der Waals surface area contributed by atoms with Crippen LogP contribution in [0.15, 0.2) is 22.9 Å². The van der Waals surface area contributed by atoms with E-state index in [1.165, 1.54) is 0 Å². The molecule has 0 fully saturated rings. The molecule has 1 aromatic heterocycles. The lowest BCUT2D eigenvalue weighted by Gasteiger charge is -2.22. The summed E-state index contributed by atoms with van der Waals surface area (Å²) in [6.07, 6.45) is 5.77. The minimum Gasteiger partial charge on any atom is -0.271 e. The average molecular weight is 286 g/mol. The molecule has 1 aromatic rings. The molecule has 1 rings (SSSR count). The Hall–Kier alpha value is -0.450. The summed E-state index contributed by atoms with van der Waals surface area (Å²) in [6.45, 7) is 6.71. The zero-order valence-corrected chi connectivity index (χ0v) is 11.7. The second kappa shape index (κ2) is 5.75. The Bertz CT molecular complexity index is 333. The number of pyridine rings is 1. The van der Waals surface area contributed by atoms with E-state index in [4.69, 9.17) is 5.84 Å². The number of hydrazine groups is 1. The fourth-order valence-corrected chi connectivity index (χ4v) is 1.92. The van der Waals surface area contributed by atoms with Gasteiger partial charge in [-0.25, -0.2) is 0 Å². The first-order valence-corrected chi connectivity index (χ1v) is 6.28. The van der Waals surface area contributed by atoms with Gasteiger partial charge in [-0.15, -0.1) is 0 Å². The van der Waals surface area contributed by atoms with Crippen molar-refractivity contribution >= 4 is 15.9 Å². The van der Waals surface area contributed by atoms with Crippen LogP contribution >= 0.6 is 15.9 Å². The van der Waals surface area contributed by atoms with Crippen molar-refractivity contribution < 1.29 is 0 Å². The van der Waals surface area contributed by atoms with Crippen molar-refractivity contribution in [3.05, 3.63) is 28.5 Å². The van der Waals surface area contributed by atoms with Crippen molar-refractivity contribution in [1.29, 1.82) is 0 Å². The molecule has 1 atom stereocenters. The molecule has 0 aliphatic rings. The van der Waals surface area contributed by atoms with Crippen molar-refractivity contribution in [3.8, 4) is 0 Å². The highest BCUT2D eigenvalue weighted by Gasteiger charge is 2.16. The number of halogens is 1. The van der Waals surface area contributed by atoms with E-state index in [2.05, 4.69) is 53.2 Å². The highest BCUT2D eigenvalue weighted by Crippen LogP contribution is 2.27. The van der Waals surface area contributed by atoms with Crippen molar-refractivity contribution in [2.45, 2.75) is 39.7 Å². The molecular formula is C12H20BrN3. The van der Waals surface area contributed by atoms with Crippen LogP contribution in [0, 0.1) is 5.41 Å². The van der Waals surface area contributed by atoms with Crippen LogP contribution in [-0.4, -0.2) is 4.98 Å². The fourth-order valence-electron chi connectivity index (χ4n) is 1.54. The van der Waals surface area contributed by atoms with Gasteiger partial charge >= 0.3 is 0 Å². The maximum atomic E-state index is 5.59. The van der Waals surface area contributed by atoms with Crippen LogP contribution in [0.3, 0.4) is 0 Å². The summed E-state index contributed by atoms with van der Waals surface area (Å²) in [5.74, 6) is 5.59. The van der Waals surface area contributed by atoms with Crippen molar-refractivity contribution in [1.82, 2.24) is 10.4 Å². The lowest BCUT2D eigenvalue weighted by atomic mass is 9.87. The van der Waals surface area contributed by atoms with Gasteiger partial charge in [-0.05, 0) is 45.8 Å². The Morgan fingerprint density at radius 1 is 1.44 bits per heavy atom. The maximum absolute atomic E-state index is 5.59. The Morgan fingerprint density at radius 3 is 2.62 bits per heavy atom. The molecule has 3 nitrogen and oxygen atoms in total. The molecule has 90 valence electrons. The van der Waals surface area contributed by atoms with Gasteiger partial charge in [0.1, 0.15) is 0 Å². The van der Waals surface area contributed by atoms with E-state index in [-0.39, 0.29) is 6.04 Å². The largest absolute Gasteiger partial charge is 0.271 e. The molecule has 3 N–H and O–H groups in total. The van der Waals surface area contributed by atoms with Crippen LogP contribution in [0.5, 0.6) is 0 Å². The minimum atomic E-state index is 0.171. The Balaban J connectivity index is 2.68. The molecule has 0 aromatic carbocycles. The lowest BCUT2D eigenvalue weighted by molar-refractivity contribution is 0.333. The molecule has 0 saturated carbocycles. The van der Waals surface area contributed by atoms with Crippen molar-refractivity contribution in [2.75, 3.05) is 0 Å². The van der Waals surface area contributed by atoms with Gasteiger partial charge in [0.25, 0.3) is 0 Å². The van der Waals surface area contributed by atoms with E-state index in [0.29, 0.717) is 5.41 Å². The Morgan fingerprint density at radius 2 is 2.12 bits per heavy atom. The normalized spacial score (nSPS) is 13.8. The molecule has 0 bridgehead atoms. The molecule has 4 heteroatoms.